The van der Waals surface area contributed by atoms with Crippen LogP contribution in [-0.2, 0) is 17.7 Å². The van der Waals surface area contributed by atoms with Gasteiger partial charge in [0.1, 0.15) is 12.2 Å². The zero-order valence-corrected chi connectivity index (χ0v) is 16.2. The molecule has 6 nitrogen and oxygen atoms in total. The Bertz CT molecular complexity index is 687. The van der Waals surface area contributed by atoms with E-state index < -0.39 is 23.8 Å². The summed E-state index contributed by atoms with van der Waals surface area (Å²) in [6.45, 7) is 6.53. The number of nitrogens with zero attached hydrogens (tertiary/aromatic N) is 1. The van der Waals surface area contributed by atoms with Crippen LogP contribution < -0.4 is 10.6 Å². The number of amides is 1. The molecule has 0 spiro atoms. The van der Waals surface area contributed by atoms with Crippen molar-refractivity contribution in [3.05, 3.63) is 66.0 Å². The standard InChI is InChI=1S/C21H29N3O3/c1-21(2,3)24-20(26)27-19(12-16-8-5-4-6-9-16)18(25)15-23-14-17-10-7-11-22-13-17/h4-11,13,18-19,23,25H,12,14-15H2,1-3H3,(H,24,26)/t18-,19+/m1/s1. The Hall–Kier alpha value is -2.44. The number of carbonyl (C=O) groups is 1. The molecule has 0 saturated heterocycles. The van der Waals surface area contributed by atoms with E-state index >= 15 is 0 Å². The number of nitrogens with one attached hydrogen (secondary N) is 2. The maximum atomic E-state index is 12.2. The lowest BCUT2D eigenvalue weighted by atomic mass is 10.0. The van der Waals surface area contributed by atoms with E-state index in [2.05, 4.69) is 15.6 Å². The van der Waals surface area contributed by atoms with Gasteiger partial charge in [0.05, 0.1) is 0 Å². The molecule has 2 aromatic rings. The van der Waals surface area contributed by atoms with Crippen LogP contribution in [0.5, 0.6) is 0 Å². The first-order valence-corrected chi connectivity index (χ1v) is 9.14. The summed E-state index contributed by atoms with van der Waals surface area (Å²) in [5.41, 5.74) is 1.62. The molecule has 1 heterocycles. The lowest BCUT2D eigenvalue weighted by Crippen LogP contribution is -2.46. The zero-order valence-electron chi connectivity index (χ0n) is 16.2. The summed E-state index contributed by atoms with van der Waals surface area (Å²) in [6.07, 6.45) is 1.90. The molecule has 2 rings (SSSR count). The van der Waals surface area contributed by atoms with Crippen molar-refractivity contribution in [3.8, 4) is 0 Å². The Morgan fingerprint density at radius 2 is 1.85 bits per heavy atom. The summed E-state index contributed by atoms with van der Waals surface area (Å²) in [6, 6.07) is 13.5. The van der Waals surface area contributed by atoms with E-state index in [1.54, 1.807) is 12.4 Å². The van der Waals surface area contributed by atoms with Crippen molar-refractivity contribution in [3.63, 3.8) is 0 Å². The third-order valence-electron chi connectivity index (χ3n) is 3.85. The first-order chi connectivity index (χ1) is 12.8. The highest BCUT2D eigenvalue weighted by atomic mass is 16.6. The van der Waals surface area contributed by atoms with Crippen LogP contribution in [0.3, 0.4) is 0 Å². The number of hydrogen-bond acceptors (Lipinski definition) is 5. The lowest BCUT2D eigenvalue weighted by Gasteiger charge is -2.27. The van der Waals surface area contributed by atoms with Gasteiger partial charge in [-0.05, 0) is 38.0 Å². The fraction of sp³-hybridized carbons (Fsp3) is 0.429. The highest BCUT2D eigenvalue weighted by molar-refractivity contribution is 5.68. The van der Waals surface area contributed by atoms with Crippen molar-refractivity contribution in [2.45, 2.75) is 51.5 Å². The van der Waals surface area contributed by atoms with Crippen LogP contribution in [0.15, 0.2) is 54.9 Å². The minimum absolute atomic E-state index is 0.301. The van der Waals surface area contributed by atoms with Gasteiger partial charge in [-0.15, -0.1) is 0 Å². The Kier molecular flexibility index (Phi) is 7.76. The maximum Gasteiger partial charge on any atom is 0.407 e. The predicted molar refractivity (Wildman–Crippen MR) is 105 cm³/mol. The molecule has 0 aliphatic rings. The van der Waals surface area contributed by atoms with Gasteiger partial charge in [0.2, 0.25) is 0 Å². The number of aliphatic hydroxyl groups is 1. The number of aliphatic hydroxyl groups excluding tert-OH is 1. The lowest BCUT2D eigenvalue weighted by molar-refractivity contribution is 0.00143. The molecule has 0 fully saturated rings. The van der Waals surface area contributed by atoms with E-state index in [1.807, 2.05) is 63.2 Å². The molecule has 1 amide bonds. The number of ether oxygens (including phenoxy) is 1. The van der Waals surface area contributed by atoms with Crippen LogP contribution >= 0.6 is 0 Å². The summed E-state index contributed by atoms with van der Waals surface area (Å²) in [7, 11) is 0. The molecule has 1 aromatic carbocycles. The average molecular weight is 371 g/mol. The van der Waals surface area contributed by atoms with Gasteiger partial charge in [-0.2, -0.15) is 0 Å². The monoisotopic (exact) mass is 371 g/mol. The van der Waals surface area contributed by atoms with Crippen molar-refractivity contribution in [2.75, 3.05) is 6.54 Å². The van der Waals surface area contributed by atoms with Gasteiger partial charge in [-0.1, -0.05) is 36.4 Å². The molecule has 0 radical (unpaired) electrons. The molecule has 27 heavy (non-hydrogen) atoms. The molecule has 6 heteroatoms. The van der Waals surface area contributed by atoms with Crippen LogP contribution in [0.1, 0.15) is 31.9 Å². The molecule has 0 aliphatic carbocycles. The van der Waals surface area contributed by atoms with Crippen molar-refractivity contribution in [1.82, 2.24) is 15.6 Å². The van der Waals surface area contributed by atoms with Gasteiger partial charge in [-0.25, -0.2) is 4.79 Å². The first-order valence-electron chi connectivity index (χ1n) is 9.14. The predicted octanol–water partition coefficient (Wildman–Crippen LogP) is 2.67. The fourth-order valence-electron chi connectivity index (χ4n) is 2.57. The summed E-state index contributed by atoms with van der Waals surface area (Å²) in [5.74, 6) is 0. The highest BCUT2D eigenvalue weighted by Crippen LogP contribution is 2.11. The van der Waals surface area contributed by atoms with Crippen LogP contribution in [-0.4, -0.2) is 40.5 Å². The molecular formula is C21H29N3O3. The van der Waals surface area contributed by atoms with E-state index in [9.17, 15) is 9.90 Å². The van der Waals surface area contributed by atoms with Crippen LogP contribution in [0.25, 0.3) is 0 Å². The molecule has 0 aliphatic heterocycles. The Morgan fingerprint density at radius 1 is 1.15 bits per heavy atom. The van der Waals surface area contributed by atoms with Crippen LogP contribution in [0.4, 0.5) is 4.79 Å². The summed E-state index contributed by atoms with van der Waals surface area (Å²) < 4.78 is 5.54. The second-order valence-corrected chi connectivity index (χ2v) is 7.57. The number of pyridine rings is 1. The SMILES string of the molecule is CC(C)(C)NC(=O)O[C@@H](Cc1ccccc1)[C@H](O)CNCc1cccnc1. The Labute approximate surface area is 161 Å². The van der Waals surface area contributed by atoms with Crippen molar-refractivity contribution in [2.24, 2.45) is 0 Å². The van der Waals surface area contributed by atoms with Crippen LogP contribution in [0.2, 0.25) is 0 Å². The molecule has 3 N–H and O–H groups in total. The second-order valence-electron chi connectivity index (χ2n) is 7.57. The van der Waals surface area contributed by atoms with E-state index in [0.717, 1.165) is 11.1 Å². The third kappa shape index (κ3) is 8.19. The van der Waals surface area contributed by atoms with Gasteiger partial charge in [0.25, 0.3) is 0 Å². The van der Waals surface area contributed by atoms with Crippen molar-refractivity contribution < 1.29 is 14.6 Å². The summed E-state index contributed by atoms with van der Waals surface area (Å²) in [5, 5.41) is 16.6. The average Bonchev–Trinajstić information content (AvgIpc) is 2.61. The quantitative estimate of drug-likeness (QED) is 0.664. The Morgan fingerprint density at radius 3 is 2.48 bits per heavy atom. The van der Waals surface area contributed by atoms with Gasteiger partial charge in [-0.3, -0.25) is 4.98 Å². The number of carbonyl (C=O) groups excluding carboxylic acids is 1. The van der Waals surface area contributed by atoms with Gasteiger partial charge in [0.15, 0.2) is 0 Å². The van der Waals surface area contributed by atoms with Crippen molar-refractivity contribution in [1.29, 1.82) is 0 Å². The van der Waals surface area contributed by atoms with E-state index in [1.165, 1.54) is 0 Å². The van der Waals surface area contributed by atoms with Gasteiger partial charge >= 0.3 is 6.09 Å². The van der Waals surface area contributed by atoms with E-state index in [0.29, 0.717) is 19.5 Å². The smallest absolute Gasteiger partial charge is 0.407 e. The third-order valence-corrected chi connectivity index (χ3v) is 3.85. The Balaban J connectivity index is 1.95. The minimum atomic E-state index is -0.840. The maximum absolute atomic E-state index is 12.2. The molecule has 1 aromatic heterocycles. The largest absolute Gasteiger partial charge is 0.443 e. The second kappa shape index (κ2) is 10.0. The molecular weight excluding hydrogens is 342 g/mol. The molecule has 0 unspecified atom stereocenters. The van der Waals surface area contributed by atoms with Gasteiger partial charge < -0.3 is 20.5 Å². The number of benzene rings is 1. The minimum Gasteiger partial charge on any atom is -0.443 e. The van der Waals surface area contributed by atoms with Gasteiger partial charge in [0, 0.05) is 37.4 Å². The highest BCUT2D eigenvalue weighted by Gasteiger charge is 2.25. The molecule has 0 bridgehead atoms. The van der Waals surface area contributed by atoms with E-state index in [-0.39, 0.29) is 0 Å². The number of aromatic nitrogens is 1. The number of hydrogen-bond donors (Lipinski definition) is 3. The normalized spacial score (nSPS) is 13.6. The molecule has 146 valence electrons. The first kappa shape index (κ1) is 20.9. The molecule has 0 saturated carbocycles. The topological polar surface area (TPSA) is 83.5 Å². The van der Waals surface area contributed by atoms with Crippen molar-refractivity contribution >= 4 is 6.09 Å². The van der Waals surface area contributed by atoms with Crippen LogP contribution in [0, 0.1) is 0 Å². The molecule has 2 atom stereocenters. The fourth-order valence-corrected chi connectivity index (χ4v) is 2.57. The number of rotatable bonds is 8. The summed E-state index contributed by atoms with van der Waals surface area (Å²) >= 11 is 0. The zero-order chi connectivity index (χ0) is 19.7. The number of alkyl carbamates (subject to hydrolysis) is 1. The van der Waals surface area contributed by atoms with E-state index in [4.69, 9.17) is 4.74 Å². The summed E-state index contributed by atoms with van der Waals surface area (Å²) in [4.78, 5) is 16.3.